The molecule has 3 amide bonds. The van der Waals surface area contributed by atoms with Crippen molar-refractivity contribution in [1.29, 1.82) is 0 Å². The van der Waals surface area contributed by atoms with E-state index < -0.39 is 0 Å². The summed E-state index contributed by atoms with van der Waals surface area (Å²) in [6, 6.07) is 5.00. The van der Waals surface area contributed by atoms with Gasteiger partial charge in [0.25, 0.3) is 17.7 Å². The van der Waals surface area contributed by atoms with Crippen molar-refractivity contribution in [3.8, 4) is 0 Å². The van der Waals surface area contributed by atoms with Gasteiger partial charge in [0.15, 0.2) is 0 Å². The number of rotatable bonds is 2. The second-order valence-corrected chi connectivity index (χ2v) is 9.14. The van der Waals surface area contributed by atoms with Crippen molar-refractivity contribution in [3.05, 3.63) is 34.9 Å². The summed E-state index contributed by atoms with van der Waals surface area (Å²) >= 11 is 0. The van der Waals surface area contributed by atoms with Crippen LogP contribution in [0.5, 0.6) is 0 Å². The van der Waals surface area contributed by atoms with Gasteiger partial charge in [-0.15, -0.1) is 0 Å². The molecule has 1 aromatic carbocycles. The van der Waals surface area contributed by atoms with Crippen LogP contribution in [0.3, 0.4) is 0 Å². The molecule has 2 heterocycles. The average Bonchev–Trinajstić information content (AvgIpc) is 2.94. The smallest absolute Gasteiger partial charge is 0.261 e. The Morgan fingerprint density at radius 1 is 1.04 bits per heavy atom. The van der Waals surface area contributed by atoms with Gasteiger partial charge in [-0.25, -0.2) is 0 Å². The van der Waals surface area contributed by atoms with Gasteiger partial charge in [0.05, 0.1) is 11.1 Å². The minimum absolute atomic E-state index is 0.00955. The first-order valence-electron chi connectivity index (χ1n) is 10.4. The summed E-state index contributed by atoms with van der Waals surface area (Å²) in [6.07, 6.45) is 5.77. The minimum Gasteiger partial charge on any atom is -0.338 e. The first-order valence-corrected chi connectivity index (χ1v) is 10.4. The molecular weight excluding hydrogens is 354 g/mol. The molecule has 6 nitrogen and oxygen atoms in total. The number of hydrogen-bond donors (Lipinski definition) is 1. The van der Waals surface area contributed by atoms with Gasteiger partial charge in [-0.2, -0.15) is 0 Å². The minimum atomic E-state index is -0.248. The third kappa shape index (κ3) is 3.13. The first-order chi connectivity index (χ1) is 13.3. The Morgan fingerprint density at radius 2 is 1.71 bits per heavy atom. The molecule has 0 aromatic heterocycles. The topological polar surface area (TPSA) is 83.7 Å². The van der Waals surface area contributed by atoms with Gasteiger partial charge < -0.3 is 10.6 Å². The van der Waals surface area contributed by atoms with Crippen LogP contribution >= 0.6 is 0 Å². The van der Waals surface area contributed by atoms with Crippen molar-refractivity contribution in [3.63, 3.8) is 0 Å². The number of nitrogens with two attached hydrogens (primary N) is 1. The fourth-order valence-electron chi connectivity index (χ4n) is 4.79. The fraction of sp³-hybridized carbons (Fsp3) is 0.591. The van der Waals surface area contributed by atoms with E-state index in [2.05, 4.69) is 13.8 Å². The lowest BCUT2D eigenvalue weighted by Gasteiger charge is -2.42. The highest BCUT2D eigenvalue weighted by atomic mass is 16.2. The van der Waals surface area contributed by atoms with Crippen LogP contribution in [0, 0.1) is 5.41 Å². The van der Waals surface area contributed by atoms with E-state index in [0.29, 0.717) is 29.8 Å². The van der Waals surface area contributed by atoms with Gasteiger partial charge in [-0.3, -0.25) is 19.3 Å². The van der Waals surface area contributed by atoms with Crippen LogP contribution in [0.2, 0.25) is 0 Å². The van der Waals surface area contributed by atoms with Crippen molar-refractivity contribution in [2.45, 2.75) is 64.5 Å². The van der Waals surface area contributed by atoms with Crippen LogP contribution in [-0.4, -0.2) is 52.7 Å². The highest BCUT2D eigenvalue weighted by molar-refractivity contribution is 6.22. The second-order valence-electron chi connectivity index (χ2n) is 9.14. The predicted molar refractivity (Wildman–Crippen MR) is 106 cm³/mol. The molecule has 0 bridgehead atoms. The molecule has 0 radical (unpaired) electrons. The highest BCUT2D eigenvalue weighted by Gasteiger charge is 2.41. The molecule has 1 atom stereocenters. The molecule has 3 aliphatic rings. The standard InChI is InChI=1S/C22H29N3O3/c1-22(2)13-24(11-10-18(22)23)19(26)14-8-9-16-17(12-14)21(28)25(20(16)27)15-6-4-3-5-7-15/h8-9,12,15,18H,3-7,10-11,13,23H2,1-2H3. The molecule has 2 N–H and O–H groups in total. The van der Waals surface area contributed by atoms with Crippen LogP contribution in [0.25, 0.3) is 0 Å². The lowest BCUT2D eigenvalue weighted by Crippen LogP contribution is -2.54. The van der Waals surface area contributed by atoms with E-state index in [9.17, 15) is 14.4 Å². The highest BCUT2D eigenvalue weighted by Crippen LogP contribution is 2.33. The molecular formula is C22H29N3O3. The molecule has 4 rings (SSSR count). The Kier molecular flexibility index (Phi) is 4.78. The lowest BCUT2D eigenvalue weighted by atomic mass is 9.79. The Hall–Kier alpha value is -2.21. The van der Waals surface area contributed by atoms with E-state index in [0.717, 1.165) is 38.5 Å². The number of piperidine rings is 1. The maximum Gasteiger partial charge on any atom is 0.261 e. The van der Waals surface area contributed by atoms with Gasteiger partial charge in [0, 0.05) is 30.7 Å². The summed E-state index contributed by atoms with van der Waals surface area (Å²) in [6.45, 7) is 5.35. The first kappa shape index (κ1) is 19.1. The zero-order valence-electron chi connectivity index (χ0n) is 16.7. The molecule has 28 heavy (non-hydrogen) atoms. The van der Waals surface area contributed by atoms with Crippen LogP contribution in [-0.2, 0) is 0 Å². The molecule has 1 saturated heterocycles. The summed E-state index contributed by atoms with van der Waals surface area (Å²) < 4.78 is 0. The Morgan fingerprint density at radius 3 is 2.39 bits per heavy atom. The molecule has 1 aliphatic carbocycles. The Labute approximate surface area is 166 Å². The molecule has 2 fully saturated rings. The molecule has 2 aliphatic heterocycles. The van der Waals surface area contributed by atoms with E-state index in [-0.39, 0.29) is 35.2 Å². The zero-order chi connectivity index (χ0) is 20.1. The second kappa shape index (κ2) is 6.99. The van der Waals surface area contributed by atoms with Crippen LogP contribution in [0.1, 0.15) is 83.4 Å². The SMILES string of the molecule is CC1(C)CN(C(=O)c2ccc3c(c2)C(=O)N(C2CCCCC2)C3=O)CCC1N. The van der Waals surface area contributed by atoms with E-state index in [4.69, 9.17) is 5.73 Å². The molecule has 150 valence electrons. The normalized spacial score (nSPS) is 25.2. The number of hydrogen-bond acceptors (Lipinski definition) is 4. The number of nitrogens with zero attached hydrogens (tertiary/aromatic N) is 2. The summed E-state index contributed by atoms with van der Waals surface area (Å²) in [5.74, 6) is -0.558. The van der Waals surface area contributed by atoms with Gasteiger partial charge in [-0.1, -0.05) is 33.1 Å². The summed E-state index contributed by atoms with van der Waals surface area (Å²) in [4.78, 5) is 42.1. The molecule has 1 aromatic rings. The maximum absolute atomic E-state index is 13.0. The molecule has 1 unspecified atom stereocenters. The third-order valence-electron chi connectivity index (χ3n) is 6.70. The monoisotopic (exact) mass is 383 g/mol. The quantitative estimate of drug-likeness (QED) is 0.796. The lowest BCUT2D eigenvalue weighted by molar-refractivity contribution is 0.0531. The van der Waals surface area contributed by atoms with Crippen molar-refractivity contribution in [2.75, 3.05) is 13.1 Å². The Balaban J connectivity index is 1.57. The summed E-state index contributed by atoms with van der Waals surface area (Å²) in [7, 11) is 0. The Bertz CT molecular complexity index is 826. The van der Waals surface area contributed by atoms with Crippen LogP contribution < -0.4 is 5.73 Å². The number of benzene rings is 1. The molecule has 6 heteroatoms. The fourth-order valence-corrected chi connectivity index (χ4v) is 4.79. The van der Waals surface area contributed by atoms with E-state index in [1.807, 2.05) is 4.90 Å². The number of fused-ring (bicyclic) bond motifs is 1. The molecule has 0 spiro atoms. The van der Waals surface area contributed by atoms with Gasteiger partial charge in [0.1, 0.15) is 0 Å². The zero-order valence-corrected chi connectivity index (χ0v) is 16.7. The van der Waals surface area contributed by atoms with Crippen molar-refractivity contribution in [2.24, 2.45) is 11.1 Å². The van der Waals surface area contributed by atoms with E-state index in [1.54, 1.807) is 18.2 Å². The van der Waals surface area contributed by atoms with Gasteiger partial charge in [-0.05, 0) is 42.9 Å². The number of carbonyl (C=O) groups excluding carboxylic acids is 3. The number of likely N-dealkylation sites (tertiary alicyclic amines) is 1. The van der Waals surface area contributed by atoms with Gasteiger partial charge >= 0.3 is 0 Å². The van der Waals surface area contributed by atoms with E-state index >= 15 is 0 Å². The predicted octanol–water partition coefficient (Wildman–Crippen LogP) is 2.81. The maximum atomic E-state index is 13.0. The number of imide groups is 1. The van der Waals surface area contributed by atoms with Crippen molar-refractivity contribution < 1.29 is 14.4 Å². The van der Waals surface area contributed by atoms with Crippen molar-refractivity contribution in [1.82, 2.24) is 9.80 Å². The van der Waals surface area contributed by atoms with Crippen LogP contribution in [0.4, 0.5) is 0 Å². The summed E-state index contributed by atoms with van der Waals surface area (Å²) in [5, 5.41) is 0. The molecule has 1 saturated carbocycles. The van der Waals surface area contributed by atoms with Crippen LogP contribution in [0.15, 0.2) is 18.2 Å². The van der Waals surface area contributed by atoms with E-state index in [1.165, 1.54) is 4.90 Å². The largest absolute Gasteiger partial charge is 0.338 e. The third-order valence-corrected chi connectivity index (χ3v) is 6.70. The van der Waals surface area contributed by atoms with Gasteiger partial charge in [0.2, 0.25) is 0 Å². The summed E-state index contributed by atoms with van der Waals surface area (Å²) in [5.41, 5.74) is 7.30. The van der Waals surface area contributed by atoms with Crippen molar-refractivity contribution >= 4 is 17.7 Å². The number of carbonyl (C=O) groups is 3. The average molecular weight is 383 g/mol. The number of amides is 3.